The van der Waals surface area contributed by atoms with Crippen LogP contribution < -0.4 is 14.8 Å². The van der Waals surface area contributed by atoms with E-state index in [2.05, 4.69) is 14.8 Å². The average molecular weight is 420 g/mol. The number of piperidine rings is 1. The van der Waals surface area contributed by atoms with Gasteiger partial charge in [0.05, 0.1) is 12.2 Å². The number of hydrogen-bond donors (Lipinski definition) is 1. The van der Waals surface area contributed by atoms with Crippen molar-refractivity contribution in [2.75, 3.05) is 31.3 Å². The number of esters is 1. The molecule has 0 spiro atoms. The lowest BCUT2D eigenvalue weighted by atomic mass is 9.98. The zero-order chi connectivity index (χ0) is 20.5. The largest absolute Gasteiger partial charge is 0.586 e. The van der Waals surface area contributed by atoms with E-state index in [-0.39, 0.29) is 30.3 Å². The topological polar surface area (TPSA) is 111 Å². The second-order valence-corrected chi connectivity index (χ2v) is 8.40. The van der Waals surface area contributed by atoms with E-state index in [1.165, 1.54) is 16.4 Å². The number of amides is 1. The Labute approximate surface area is 159 Å². The molecule has 2 heterocycles. The molecule has 1 aromatic carbocycles. The number of alkyl halides is 2. The number of rotatable bonds is 5. The summed E-state index contributed by atoms with van der Waals surface area (Å²) < 4.78 is 63.7. The number of hydrogen-bond acceptors (Lipinski definition) is 7. The third-order valence-electron chi connectivity index (χ3n) is 4.29. The molecule has 9 nitrogen and oxygen atoms in total. The van der Waals surface area contributed by atoms with Gasteiger partial charge in [-0.3, -0.25) is 9.59 Å². The summed E-state index contributed by atoms with van der Waals surface area (Å²) in [5.41, 5.74) is 0.169. The zero-order valence-electron chi connectivity index (χ0n) is 14.8. The van der Waals surface area contributed by atoms with Crippen molar-refractivity contribution in [3.8, 4) is 11.5 Å². The molecule has 12 heteroatoms. The molecule has 0 bridgehead atoms. The van der Waals surface area contributed by atoms with Crippen molar-refractivity contribution in [1.29, 1.82) is 0 Å². The van der Waals surface area contributed by atoms with Crippen LogP contribution in [0.5, 0.6) is 11.5 Å². The summed E-state index contributed by atoms with van der Waals surface area (Å²) in [4.78, 5) is 24.0. The van der Waals surface area contributed by atoms with Crippen LogP contribution in [0, 0.1) is 5.92 Å². The van der Waals surface area contributed by atoms with Gasteiger partial charge in [-0.05, 0) is 25.0 Å². The summed E-state index contributed by atoms with van der Waals surface area (Å²) >= 11 is 0. The number of halogens is 2. The first-order chi connectivity index (χ1) is 13.0. The van der Waals surface area contributed by atoms with Crippen molar-refractivity contribution in [3.05, 3.63) is 18.2 Å². The van der Waals surface area contributed by atoms with Gasteiger partial charge in [0.25, 0.3) is 5.91 Å². The Morgan fingerprint density at radius 3 is 2.54 bits per heavy atom. The molecular weight excluding hydrogens is 402 g/mol. The van der Waals surface area contributed by atoms with Gasteiger partial charge in [0.1, 0.15) is 0 Å². The zero-order valence-corrected chi connectivity index (χ0v) is 15.6. The van der Waals surface area contributed by atoms with Crippen LogP contribution in [-0.4, -0.2) is 56.8 Å². The molecule has 1 amide bonds. The van der Waals surface area contributed by atoms with E-state index in [0.29, 0.717) is 12.8 Å². The van der Waals surface area contributed by atoms with Gasteiger partial charge >= 0.3 is 12.3 Å². The van der Waals surface area contributed by atoms with Crippen molar-refractivity contribution in [2.24, 2.45) is 5.92 Å². The second kappa shape index (κ2) is 7.51. The maximum absolute atomic E-state index is 13.0. The molecule has 0 unspecified atom stereocenters. The fourth-order valence-corrected chi connectivity index (χ4v) is 3.78. The molecule has 154 valence electrons. The number of sulfonamides is 1. The Hall–Kier alpha value is -2.47. The highest BCUT2D eigenvalue weighted by atomic mass is 32.2. The summed E-state index contributed by atoms with van der Waals surface area (Å²) in [6, 6.07) is 3.72. The molecule has 0 radical (unpaired) electrons. The van der Waals surface area contributed by atoms with E-state index in [0.717, 1.165) is 12.3 Å². The van der Waals surface area contributed by atoms with Gasteiger partial charge in [0.15, 0.2) is 18.1 Å². The molecule has 0 aromatic heterocycles. The first kappa shape index (κ1) is 20.3. The Balaban J connectivity index is 1.46. The number of fused-ring (bicyclic) bond motifs is 1. The fourth-order valence-electron chi connectivity index (χ4n) is 2.90. The van der Waals surface area contributed by atoms with Crippen LogP contribution in [0.3, 0.4) is 0 Å². The number of carbonyl (C=O) groups excluding carboxylic acids is 2. The molecule has 3 rings (SSSR count). The van der Waals surface area contributed by atoms with E-state index < -0.39 is 40.7 Å². The minimum Gasteiger partial charge on any atom is -0.455 e. The van der Waals surface area contributed by atoms with Crippen LogP contribution in [0.2, 0.25) is 0 Å². The number of nitrogens with zero attached hydrogens (tertiary/aromatic N) is 1. The quantitative estimate of drug-likeness (QED) is 0.712. The highest BCUT2D eigenvalue weighted by Gasteiger charge is 2.43. The predicted octanol–water partition coefficient (Wildman–Crippen LogP) is 1.16. The van der Waals surface area contributed by atoms with Gasteiger partial charge in [0.2, 0.25) is 10.0 Å². The number of ether oxygens (including phenoxy) is 3. The average Bonchev–Trinajstić information content (AvgIpc) is 2.92. The first-order valence-corrected chi connectivity index (χ1v) is 10.2. The number of nitrogens with one attached hydrogen (secondary N) is 1. The van der Waals surface area contributed by atoms with Gasteiger partial charge in [-0.25, -0.2) is 12.7 Å². The summed E-state index contributed by atoms with van der Waals surface area (Å²) in [6.45, 7) is -0.130. The highest BCUT2D eigenvalue weighted by molar-refractivity contribution is 7.88. The molecule has 1 fully saturated rings. The smallest absolute Gasteiger partial charge is 0.455 e. The third kappa shape index (κ3) is 4.87. The SMILES string of the molecule is CS(=O)(=O)N1CCC(C(=O)OCC(=O)Nc2ccc3c(c2)OC(F)(F)O3)CC1. The third-order valence-corrected chi connectivity index (χ3v) is 5.59. The van der Waals surface area contributed by atoms with Crippen LogP contribution in [0.25, 0.3) is 0 Å². The van der Waals surface area contributed by atoms with Crippen molar-refractivity contribution in [3.63, 3.8) is 0 Å². The second-order valence-electron chi connectivity index (χ2n) is 6.42. The molecule has 0 saturated carbocycles. The molecular formula is C16H18F2N2O7S. The summed E-state index contributed by atoms with van der Waals surface area (Å²) in [5, 5.41) is 2.40. The minimum atomic E-state index is -3.76. The maximum Gasteiger partial charge on any atom is 0.586 e. The normalized spacial score (nSPS) is 19.2. The van der Waals surface area contributed by atoms with Crippen LogP contribution in [-0.2, 0) is 24.3 Å². The van der Waals surface area contributed by atoms with E-state index in [9.17, 15) is 26.8 Å². The van der Waals surface area contributed by atoms with Crippen LogP contribution in [0.15, 0.2) is 18.2 Å². The van der Waals surface area contributed by atoms with Gasteiger partial charge in [-0.1, -0.05) is 0 Å². The summed E-state index contributed by atoms with van der Waals surface area (Å²) in [7, 11) is -3.30. The Morgan fingerprint density at radius 2 is 1.89 bits per heavy atom. The standard InChI is InChI=1S/C16H18F2N2O7S/c1-28(23,24)20-6-4-10(5-7-20)15(22)25-9-14(21)19-11-2-3-12-13(8-11)27-16(17,18)26-12/h2-3,8,10H,4-7,9H2,1H3,(H,19,21). The minimum absolute atomic E-state index is 0.158. The molecule has 2 aliphatic rings. The maximum atomic E-state index is 13.0. The van der Waals surface area contributed by atoms with Gasteiger partial charge < -0.3 is 19.5 Å². The summed E-state index contributed by atoms with van der Waals surface area (Å²) in [5.74, 6) is -2.12. The lowest BCUT2D eigenvalue weighted by molar-refractivity contribution is -0.286. The van der Waals surface area contributed by atoms with Crippen LogP contribution in [0.4, 0.5) is 14.5 Å². The van der Waals surface area contributed by atoms with E-state index in [4.69, 9.17) is 4.74 Å². The van der Waals surface area contributed by atoms with E-state index in [1.807, 2.05) is 0 Å². The Morgan fingerprint density at radius 1 is 1.25 bits per heavy atom. The first-order valence-electron chi connectivity index (χ1n) is 8.35. The molecule has 0 aliphatic carbocycles. The van der Waals surface area contributed by atoms with E-state index >= 15 is 0 Å². The lowest BCUT2D eigenvalue weighted by Crippen LogP contribution is -2.40. The van der Waals surface area contributed by atoms with Crippen molar-refractivity contribution in [1.82, 2.24) is 4.31 Å². The molecule has 2 aliphatic heterocycles. The van der Waals surface area contributed by atoms with Crippen molar-refractivity contribution < 1.29 is 41.0 Å². The Bertz CT molecular complexity index is 883. The van der Waals surface area contributed by atoms with Gasteiger partial charge in [-0.15, -0.1) is 8.78 Å². The van der Waals surface area contributed by atoms with Crippen molar-refractivity contribution >= 4 is 27.6 Å². The Kier molecular flexibility index (Phi) is 5.44. The molecule has 0 atom stereocenters. The lowest BCUT2D eigenvalue weighted by Gasteiger charge is -2.28. The molecule has 1 saturated heterocycles. The van der Waals surface area contributed by atoms with Crippen LogP contribution in [0.1, 0.15) is 12.8 Å². The van der Waals surface area contributed by atoms with Crippen molar-refractivity contribution in [2.45, 2.75) is 19.1 Å². The fraction of sp³-hybridized carbons (Fsp3) is 0.500. The monoisotopic (exact) mass is 420 g/mol. The van der Waals surface area contributed by atoms with Gasteiger partial charge in [0, 0.05) is 24.8 Å². The predicted molar refractivity (Wildman–Crippen MR) is 91.4 cm³/mol. The highest BCUT2D eigenvalue weighted by Crippen LogP contribution is 2.42. The summed E-state index contributed by atoms with van der Waals surface area (Å²) in [6.07, 6.45) is -2.03. The number of anilines is 1. The van der Waals surface area contributed by atoms with Gasteiger partial charge in [-0.2, -0.15) is 0 Å². The number of benzene rings is 1. The molecule has 1 N–H and O–H groups in total. The molecule has 28 heavy (non-hydrogen) atoms. The number of carbonyl (C=O) groups is 2. The molecule has 1 aromatic rings. The van der Waals surface area contributed by atoms with E-state index in [1.54, 1.807) is 0 Å². The van der Waals surface area contributed by atoms with Crippen LogP contribution >= 0.6 is 0 Å².